The first-order chi connectivity index (χ1) is 15.6. The minimum absolute atomic E-state index is 0.0000964. The Kier molecular flexibility index (Phi) is 4.72. The summed E-state index contributed by atoms with van der Waals surface area (Å²) in [6.07, 6.45) is 0.442. The number of benzene rings is 3. The quantitative estimate of drug-likeness (QED) is 0.459. The lowest BCUT2D eigenvalue weighted by Crippen LogP contribution is -2.45. The van der Waals surface area contributed by atoms with Crippen LogP contribution >= 0.6 is 23.2 Å². The van der Waals surface area contributed by atoms with E-state index in [1.807, 2.05) is 36.4 Å². The molecule has 2 saturated heterocycles. The highest BCUT2D eigenvalue weighted by Crippen LogP contribution is 2.47. The number of fused-ring (bicyclic) bond motifs is 5. The minimum atomic E-state index is -0.551. The Balaban J connectivity index is 1.20. The standard InChI is InChI=1S/C26H21Cl2NO3/c27-23-10-9-16(11-24(23)28)26-12-17(13-32-26)29(15-26)25(30)31-14-22-20-7-3-1-5-18(20)19-6-2-4-8-21(19)22/h1-11,17,22H,12-15H2/t17-,26-/m1/s1. The fourth-order valence-corrected chi connectivity index (χ4v) is 5.73. The highest BCUT2D eigenvalue weighted by atomic mass is 35.5. The highest BCUT2D eigenvalue weighted by Gasteiger charge is 2.54. The summed E-state index contributed by atoms with van der Waals surface area (Å²) in [5, 5.41) is 0.998. The summed E-state index contributed by atoms with van der Waals surface area (Å²) in [6, 6.07) is 22.2. The predicted octanol–water partition coefficient (Wildman–Crippen LogP) is 6.24. The number of carbonyl (C=O) groups excluding carboxylic acids is 1. The van der Waals surface area contributed by atoms with Crippen molar-refractivity contribution in [1.29, 1.82) is 0 Å². The van der Waals surface area contributed by atoms with E-state index in [0.29, 0.717) is 29.8 Å². The van der Waals surface area contributed by atoms with Crippen LogP contribution in [-0.2, 0) is 15.1 Å². The number of ether oxygens (including phenoxy) is 2. The van der Waals surface area contributed by atoms with Crippen LogP contribution in [0.5, 0.6) is 0 Å². The van der Waals surface area contributed by atoms with Gasteiger partial charge in [-0.2, -0.15) is 0 Å². The molecular weight excluding hydrogens is 445 g/mol. The van der Waals surface area contributed by atoms with Gasteiger partial charge in [-0.3, -0.25) is 4.90 Å². The maximum Gasteiger partial charge on any atom is 0.410 e. The average Bonchev–Trinajstić information content (AvgIpc) is 3.50. The van der Waals surface area contributed by atoms with Crippen molar-refractivity contribution >= 4 is 29.3 Å². The second-order valence-corrected chi connectivity index (χ2v) is 9.54. The molecule has 2 heterocycles. The third kappa shape index (κ3) is 3.05. The van der Waals surface area contributed by atoms with Crippen LogP contribution in [-0.4, -0.2) is 36.8 Å². The molecule has 6 rings (SSSR count). The molecule has 0 unspecified atom stereocenters. The summed E-state index contributed by atoms with van der Waals surface area (Å²) in [5.74, 6) is 0.0476. The summed E-state index contributed by atoms with van der Waals surface area (Å²) in [5.41, 5.74) is 5.25. The summed E-state index contributed by atoms with van der Waals surface area (Å²) in [6.45, 7) is 1.26. The van der Waals surface area contributed by atoms with Gasteiger partial charge in [-0.1, -0.05) is 77.8 Å². The van der Waals surface area contributed by atoms with Gasteiger partial charge in [0.25, 0.3) is 0 Å². The minimum Gasteiger partial charge on any atom is -0.448 e. The number of morpholine rings is 1. The van der Waals surface area contributed by atoms with Gasteiger partial charge in [-0.25, -0.2) is 4.79 Å². The van der Waals surface area contributed by atoms with Crippen molar-refractivity contribution < 1.29 is 14.3 Å². The molecule has 3 aromatic rings. The second-order valence-electron chi connectivity index (χ2n) is 8.72. The Hall–Kier alpha value is -2.53. The van der Waals surface area contributed by atoms with Crippen molar-refractivity contribution in [3.05, 3.63) is 93.5 Å². The number of amides is 1. The van der Waals surface area contributed by atoms with E-state index in [1.165, 1.54) is 22.3 Å². The van der Waals surface area contributed by atoms with Crippen LogP contribution < -0.4 is 0 Å². The lowest BCUT2D eigenvalue weighted by Gasteiger charge is -2.33. The van der Waals surface area contributed by atoms with Crippen molar-refractivity contribution in [2.45, 2.75) is 24.0 Å². The predicted molar refractivity (Wildman–Crippen MR) is 124 cm³/mol. The van der Waals surface area contributed by atoms with Crippen molar-refractivity contribution in [1.82, 2.24) is 4.90 Å². The van der Waals surface area contributed by atoms with E-state index in [0.717, 1.165) is 12.0 Å². The number of hydrogen-bond acceptors (Lipinski definition) is 3. The van der Waals surface area contributed by atoms with Crippen LogP contribution in [0.15, 0.2) is 66.7 Å². The molecule has 0 spiro atoms. The van der Waals surface area contributed by atoms with E-state index >= 15 is 0 Å². The smallest absolute Gasteiger partial charge is 0.410 e. The SMILES string of the molecule is O=C(OCC1c2ccccc2-c2ccccc21)N1C[C@@]2(c3ccc(Cl)c(Cl)c3)C[C@@H]1CO2. The first-order valence-corrected chi connectivity index (χ1v) is 11.5. The Labute approximate surface area is 196 Å². The molecule has 1 amide bonds. The van der Waals surface area contributed by atoms with Crippen LogP contribution in [0.2, 0.25) is 10.0 Å². The topological polar surface area (TPSA) is 38.8 Å². The molecule has 0 radical (unpaired) electrons. The Morgan fingerprint density at radius 3 is 2.38 bits per heavy atom. The van der Waals surface area contributed by atoms with Gasteiger partial charge >= 0.3 is 6.09 Å². The van der Waals surface area contributed by atoms with Crippen molar-refractivity contribution in [2.75, 3.05) is 19.8 Å². The molecule has 3 aliphatic rings. The normalized spacial score (nSPS) is 23.3. The van der Waals surface area contributed by atoms with Gasteiger partial charge in [0.15, 0.2) is 0 Å². The molecule has 2 aliphatic heterocycles. The number of rotatable bonds is 3. The number of nitrogens with zero attached hydrogens (tertiary/aromatic N) is 1. The van der Waals surface area contributed by atoms with E-state index < -0.39 is 5.60 Å². The zero-order valence-corrected chi connectivity index (χ0v) is 18.8. The van der Waals surface area contributed by atoms with Gasteiger partial charge in [0.1, 0.15) is 12.2 Å². The number of hydrogen-bond donors (Lipinski definition) is 0. The van der Waals surface area contributed by atoms with Gasteiger partial charge in [0.2, 0.25) is 0 Å². The molecule has 4 nitrogen and oxygen atoms in total. The van der Waals surface area contributed by atoms with Gasteiger partial charge < -0.3 is 9.47 Å². The van der Waals surface area contributed by atoms with E-state index in [9.17, 15) is 4.79 Å². The van der Waals surface area contributed by atoms with Gasteiger partial charge in [0.05, 0.1) is 29.2 Å². The van der Waals surface area contributed by atoms with Crippen molar-refractivity contribution in [3.63, 3.8) is 0 Å². The number of halogens is 2. The Bertz CT molecular complexity index is 1180. The van der Waals surface area contributed by atoms with Crippen LogP contribution in [0, 0.1) is 0 Å². The van der Waals surface area contributed by atoms with Gasteiger partial charge in [-0.05, 0) is 39.9 Å². The maximum absolute atomic E-state index is 13.1. The molecule has 2 fully saturated rings. The van der Waals surface area contributed by atoms with Crippen molar-refractivity contribution in [2.24, 2.45) is 0 Å². The van der Waals surface area contributed by atoms with Crippen molar-refractivity contribution in [3.8, 4) is 11.1 Å². The molecular formula is C26H21Cl2NO3. The van der Waals surface area contributed by atoms with Crippen LogP contribution in [0.25, 0.3) is 11.1 Å². The molecule has 0 aromatic heterocycles. The highest BCUT2D eigenvalue weighted by molar-refractivity contribution is 6.42. The fourth-order valence-electron chi connectivity index (χ4n) is 5.43. The molecule has 6 heteroatoms. The molecule has 2 atom stereocenters. The Morgan fingerprint density at radius 2 is 1.69 bits per heavy atom. The number of carbonyl (C=O) groups is 1. The summed E-state index contributed by atoms with van der Waals surface area (Å²) in [4.78, 5) is 14.9. The Morgan fingerprint density at radius 1 is 1.00 bits per heavy atom. The fraction of sp³-hybridized carbons (Fsp3) is 0.269. The largest absolute Gasteiger partial charge is 0.448 e. The summed E-state index contributed by atoms with van der Waals surface area (Å²) < 4.78 is 12.0. The lowest BCUT2D eigenvalue weighted by molar-refractivity contribution is -0.0465. The van der Waals surface area contributed by atoms with E-state index in [2.05, 4.69) is 24.3 Å². The molecule has 2 bridgehead atoms. The van der Waals surface area contributed by atoms with Crippen LogP contribution in [0.4, 0.5) is 4.79 Å². The first-order valence-electron chi connectivity index (χ1n) is 10.8. The molecule has 0 N–H and O–H groups in total. The zero-order chi connectivity index (χ0) is 21.9. The zero-order valence-electron chi connectivity index (χ0n) is 17.3. The lowest BCUT2D eigenvalue weighted by atomic mass is 9.93. The third-order valence-corrected chi connectivity index (χ3v) is 7.74. The second kappa shape index (κ2) is 7.51. The monoisotopic (exact) mass is 465 g/mol. The average molecular weight is 466 g/mol. The van der Waals surface area contributed by atoms with Gasteiger partial charge in [0, 0.05) is 12.3 Å². The number of likely N-dealkylation sites (tertiary alicyclic amines) is 1. The molecule has 162 valence electrons. The van der Waals surface area contributed by atoms with Crippen LogP contribution in [0.1, 0.15) is 29.0 Å². The molecule has 32 heavy (non-hydrogen) atoms. The molecule has 0 saturated carbocycles. The van der Waals surface area contributed by atoms with E-state index in [-0.39, 0.29) is 18.1 Å². The first kappa shape index (κ1) is 20.1. The van der Waals surface area contributed by atoms with E-state index in [1.54, 1.807) is 11.0 Å². The molecule has 3 aromatic carbocycles. The summed E-state index contributed by atoms with van der Waals surface area (Å²) in [7, 11) is 0. The van der Waals surface area contributed by atoms with Crippen LogP contribution in [0.3, 0.4) is 0 Å². The van der Waals surface area contributed by atoms with E-state index in [4.69, 9.17) is 32.7 Å². The third-order valence-electron chi connectivity index (χ3n) is 7.00. The summed E-state index contributed by atoms with van der Waals surface area (Å²) >= 11 is 12.3. The maximum atomic E-state index is 13.1. The van der Waals surface area contributed by atoms with Gasteiger partial charge in [-0.15, -0.1) is 0 Å². The molecule has 1 aliphatic carbocycles.